The number of likely N-dealkylation sites (tertiary alicyclic amines) is 1. The molecule has 1 heterocycles. The highest BCUT2D eigenvalue weighted by Gasteiger charge is 2.26. The molecule has 5 heteroatoms. The number of carboxylic acid groups (broad SMARTS) is 1. The van der Waals surface area contributed by atoms with Gasteiger partial charge < -0.3 is 10.0 Å². The van der Waals surface area contributed by atoms with E-state index in [1.807, 2.05) is 11.0 Å². The molecule has 124 valence electrons. The zero-order valence-electron chi connectivity index (χ0n) is 13.2. The molecule has 1 amide bonds. The van der Waals surface area contributed by atoms with Gasteiger partial charge in [0.15, 0.2) is 0 Å². The fourth-order valence-corrected chi connectivity index (χ4v) is 4.23. The summed E-state index contributed by atoms with van der Waals surface area (Å²) >= 11 is 1.76. The van der Waals surface area contributed by atoms with E-state index < -0.39 is 5.97 Å². The summed E-state index contributed by atoms with van der Waals surface area (Å²) in [4.78, 5) is 25.4. The molecule has 2 aliphatic rings. The van der Waals surface area contributed by atoms with E-state index in [0.717, 1.165) is 36.6 Å². The zero-order valence-corrected chi connectivity index (χ0v) is 14.1. The van der Waals surface area contributed by atoms with Crippen molar-refractivity contribution >= 4 is 23.6 Å². The van der Waals surface area contributed by atoms with Gasteiger partial charge in [0, 0.05) is 19.0 Å². The van der Waals surface area contributed by atoms with Crippen molar-refractivity contribution in [1.82, 2.24) is 4.90 Å². The molecule has 1 aromatic rings. The van der Waals surface area contributed by atoms with Crippen LogP contribution in [0.5, 0.6) is 0 Å². The summed E-state index contributed by atoms with van der Waals surface area (Å²) in [6.07, 6.45) is 4.66. The molecule has 1 saturated carbocycles. The molecule has 1 aliphatic heterocycles. The van der Waals surface area contributed by atoms with Gasteiger partial charge >= 0.3 is 5.97 Å². The first-order valence-electron chi connectivity index (χ1n) is 8.32. The summed E-state index contributed by atoms with van der Waals surface area (Å²) < 4.78 is 0. The first kappa shape index (κ1) is 16.4. The van der Waals surface area contributed by atoms with Crippen LogP contribution in [0.15, 0.2) is 24.3 Å². The van der Waals surface area contributed by atoms with Crippen molar-refractivity contribution in [2.24, 2.45) is 5.92 Å². The molecule has 2 fully saturated rings. The number of amides is 1. The van der Waals surface area contributed by atoms with Crippen molar-refractivity contribution in [3.8, 4) is 0 Å². The molecule has 1 atom stereocenters. The van der Waals surface area contributed by atoms with Crippen LogP contribution in [0.25, 0.3) is 0 Å². The summed E-state index contributed by atoms with van der Waals surface area (Å²) in [7, 11) is 0. The number of nitrogens with zero attached hydrogens (tertiary/aromatic N) is 1. The lowest BCUT2D eigenvalue weighted by molar-refractivity contribution is -0.129. The van der Waals surface area contributed by atoms with Crippen molar-refractivity contribution in [2.45, 2.75) is 31.6 Å². The number of piperidine rings is 1. The van der Waals surface area contributed by atoms with Crippen LogP contribution in [0.1, 0.15) is 47.5 Å². The molecule has 3 rings (SSSR count). The molecule has 1 aliphatic carbocycles. The Kier molecular flexibility index (Phi) is 5.26. The standard InChI is InChI=1S/C18H23NO3S/c20-17(12-23-11-13-6-7-13)19-8-2-5-16(10-19)14-3-1-4-15(9-14)18(21)22/h1,3-4,9,13,16H,2,5-8,10-12H2,(H,21,22). The van der Waals surface area contributed by atoms with Crippen molar-refractivity contribution in [3.63, 3.8) is 0 Å². The van der Waals surface area contributed by atoms with Crippen molar-refractivity contribution in [2.75, 3.05) is 24.6 Å². The first-order valence-corrected chi connectivity index (χ1v) is 9.47. The van der Waals surface area contributed by atoms with Crippen LogP contribution < -0.4 is 0 Å². The molecule has 23 heavy (non-hydrogen) atoms. The monoisotopic (exact) mass is 333 g/mol. The van der Waals surface area contributed by atoms with E-state index in [-0.39, 0.29) is 11.8 Å². The Hall–Kier alpha value is -1.49. The largest absolute Gasteiger partial charge is 0.478 e. The maximum Gasteiger partial charge on any atom is 0.335 e. The Morgan fingerprint density at radius 3 is 2.83 bits per heavy atom. The molecule has 1 saturated heterocycles. The Balaban J connectivity index is 1.57. The molecule has 0 radical (unpaired) electrons. The second-order valence-electron chi connectivity index (χ2n) is 6.57. The van der Waals surface area contributed by atoms with Crippen LogP contribution in [-0.2, 0) is 4.79 Å². The first-order chi connectivity index (χ1) is 11.1. The summed E-state index contributed by atoms with van der Waals surface area (Å²) in [5.74, 6) is 2.13. The number of benzene rings is 1. The molecule has 0 aromatic heterocycles. The maximum absolute atomic E-state index is 12.4. The lowest BCUT2D eigenvalue weighted by atomic mass is 9.89. The van der Waals surface area contributed by atoms with Crippen molar-refractivity contribution in [1.29, 1.82) is 0 Å². The molecular formula is C18H23NO3S. The predicted octanol–water partition coefficient (Wildman–Crippen LogP) is 3.23. The molecule has 0 bridgehead atoms. The summed E-state index contributed by atoms with van der Waals surface area (Å²) in [5.41, 5.74) is 1.36. The van der Waals surface area contributed by atoms with Crippen LogP contribution in [0.3, 0.4) is 0 Å². The van der Waals surface area contributed by atoms with Gasteiger partial charge in [-0.25, -0.2) is 4.79 Å². The van der Waals surface area contributed by atoms with Gasteiger partial charge in [0.2, 0.25) is 5.91 Å². The highest BCUT2D eigenvalue weighted by Crippen LogP contribution is 2.33. The van der Waals surface area contributed by atoms with Gasteiger partial charge in [-0.15, -0.1) is 0 Å². The van der Waals surface area contributed by atoms with Crippen LogP contribution >= 0.6 is 11.8 Å². The van der Waals surface area contributed by atoms with E-state index in [2.05, 4.69) is 0 Å². The fourth-order valence-electron chi connectivity index (χ4n) is 3.09. The van der Waals surface area contributed by atoms with E-state index in [0.29, 0.717) is 17.9 Å². The molecular weight excluding hydrogens is 310 g/mol. The third-order valence-corrected chi connectivity index (χ3v) is 5.81. The molecule has 0 spiro atoms. The lowest BCUT2D eigenvalue weighted by Crippen LogP contribution is -2.40. The number of carboxylic acids is 1. The average Bonchev–Trinajstić information content (AvgIpc) is 3.39. The molecule has 4 nitrogen and oxygen atoms in total. The minimum Gasteiger partial charge on any atom is -0.478 e. The zero-order chi connectivity index (χ0) is 16.2. The second kappa shape index (κ2) is 7.39. The quantitative estimate of drug-likeness (QED) is 0.868. The topological polar surface area (TPSA) is 57.6 Å². The van der Waals surface area contributed by atoms with Crippen molar-refractivity contribution in [3.05, 3.63) is 35.4 Å². The van der Waals surface area contributed by atoms with E-state index >= 15 is 0 Å². The number of rotatable bonds is 6. The Labute approximate surface area is 141 Å². The van der Waals surface area contributed by atoms with Gasteiger partial charge in [-0.3, -0.25) is 4.79 Å². The lowest BCUT2D eigenvalue weighted by Gasteiger charge is -2.33. The van der Waals surface area contributed by atoms with Gasteiger partial charge in [0.1, 0.15) is 0 Å². The van der Waals surface area contributed by atoms with Crippen LogP contribution in [0, 0.1) is 5.92 Å². The van der Waals surface area contributed by atoms with E-state index in [9.17, 15) is 9.59 Å². The number of hydrogen-bond acceptors (Lipinski definition) is 3. The summed E-state index contributed by atoms with van der Waals surface area (Å²) in [5, 5.41) is 9.13. The van der Waals surface area contributed by atoms with Gasteiger partial charge in [-0.1, -0.05) is 12.1 Å². The molecule has 1 N–H and O–H groups in total. The normalized spacial score (nSPS) is 21.2. The average molecular weight is 333 g/mol. The van der Waals surface area contributed by atoms with Crippen molar-refractivity contribution < 1.29 is 14.7 Å². The van der Waals surface area contributed by atoms with Crippen LogP contribution in [0.4, 0.5) is 0 Å². The van der Waals surface area contributed by atoms with E-state index in [1.54, 1.807) is 30.0 Å². The third kappa shape index (κ3) is 4.50. The Morgan fingerprint density at radius 1 is 1.26 bits per heavy atom. The Bertz CT molecular complexity index is 585. The maximum atomic E-state index is 12.4. The smallest absolute Gasteiger partial charge is 0.335 e. The van der Waals surface area contributed by atoms with Crippen LogP contribution in [0.2, 0.25) is 0 Å². The van der Waals surface area contributed by atoms with Crippen LogP contribution in [-0.4, -0.2) is 46.5 Å². The third-order valence-electron chi connectivity index (χ3n) is 4.66. The van der Waals surface area contributed by atoms with E-state index in [1.165, 1.54) is 12.8 Å². The SMILES string of the molecule is O=C(O)c1cccc(C2CCCN(C(=O)CSCC3CC3)C2)c1. The van der Waals surface area contributed by atoms with Gasteiger partial charge in [-0.05, 0) is 55.1 Å². The highest BCUT2D eigenvalue weighted by molar-refractivity contribution is 7.99. The molecule has 1 unspecified atom stereocenters. The minimum absolute atomic E-state index is 0.231. The number of carbonyl (C=O) groups excluding carboxylic acids is 1. The predicted molar refractivity (Wildman–Crippen MR) is 92.0 cm³/mol. The number of hydrogen-bond donors (Lipinski definition) is 1. The van der Waals surface area contributed by atoms with Gasteiger partial charge in [-0.2, -0.15) is 11.8 Å². The van der Waals surface area contributed by atoms with Gasteiger partial charge in [0.25, 0.3) is 0 Å². The Morgan fingerprint density at radius 2 is 2.09 bits per heavy atom. The highest BCUT2D eigenvalue weighted by atomic mass is 32.2. The number of aromatic carboxylic acids is 1. The second-order valence-corrected chi connectivity index (χ2v) is 7.60. The minimum atomic E-state index is -0.896. The van der Waals surface area contributed by atoms with E-state index in [4.69, 9.17) is 5.11 Å². The van der Waals surface area contributed by atoms with Gasteiger partial charge in [0.05, 0.1) is 11.3 Å². The summed E-state index contributed by atoms with van der Waals surface area (Å²) in [6.45, 7) is 1.55. The molecule has 1 aromatic carbocycles. The summed E-state index contributed by atoms with van der Waals surface area (Å²) in [6, 6.07) is 7.15. The number of carbonyl (C=O) groups is 2. The number of thioether (sulfide) groups is 1. The fraction of sp³-hybridized carbons (Fsp3) is 0.556.